The van der Waals surface area contributed by atoms with Crippen molar-refractivity contribution in [2.75, 3.05) is 38.5 Å². The number of rotatable bonds is 2. The maximum atomic E-state index is 12.7. The van der Waals surface area contributed by atoms with Gasteiger partial charge in [0.15, 0.2) is 0 Å². The molecule has 3 rings (SSSR count). The van der Waals surface area contributed by atoms with Crippen LogP contribution in [-0.2, 0) is 0 Å². The van der Waals surface area contributed by atoms with Crippen molar-refractivity contribution in [2.45, 2.75) is 25.3 Å². The molecule has 2 saturated heterocycles. The molecular formula is C15H22N4O. The SMILES string of the molecule is CNc1cc(C(=O)N2CCCN3CCCC3C2)ccn1. The molecule has 3 heterocycles. The van der Waals surface area contributed by atoms with Crippen LogP contribution in [0.1, 0.15) is 29.6 Å². The van der Waals surface area contributed by atoms with E-state index in [9.17, 15) is 4.79 Å². The van der Waals surface area contributed by atoms with E-state index in [0.29, 0.717) is 6.04 Å². The smallest absolute Gasteiger partial charge is 0.254 e. The molecular weight excluding hydrogens is 252 g/mol. The molecule has 1 amide bonds. The van der Waals surface area contributed by atoms with Crippen LogP contribution < -0.4 is 5.32 Å². The van der Waals surface area contributed by atoms with Crippen LogP contribution in [0.5, 0.6) is 0 Å². The molecule has 2 aliphatic heterocycles. The van der Waals surface area contributed by atoms with Crippen molar-refractivity contribution in [3.05, 3.63) is 23.9 Å². The number of amides is 1. The van der Waals surface area contributed by atoms with Crippen LogP contribution in [0.2, 0.25) is 0 Å². The second-order valence-corrected chi connectivity index (χ2v) is 5.62. The number of nitrogens with one attached hydrogen (secondary N) is 1. The van der Waals surface area contributed by atoms with Gasteiger partial charge in [-0.1, -0.05) is 0 Å². The molecule has 1 aromatic heterocycles. The molecule has 1 aromatic rings. The Morgan fingerprint density at radius 1 is 1.35 bits per heavy atom. The van der Waals surface area contributed by atoms with Crippen LogP contribution in [0.3, 0.4) is 0 Å². The van der Waals surface area contributed by atoms with Gasteiger partial charge in [-0.3, -0.25) is 9.69 Å². The Bertz CT molecular complexity index is 491. The molecule has 0 saturated carbocycles. The number of carbonyl (C=O) groups is 1. The van der Waals surface area contributed by atoms with Crippen molar-refractivity contribution in [3.63, 3.8) is 0 Å². The molecule has 5 nitrogen and oxygen atoms in total. The molecule has 1 atom stereocenters. The molecule has 2 aliphatic rings. The number of anilines is 1. The zero-order valence-corrected chi connectivity index (χ0v) is 12.0. The van der Waals surface area contributed by atoms with E-state index < -0.39 is 0 Å². The summed E-state index contributed by atoms with van der Waals surface area (Å²) < 4.78 is 0. The van der Waals surface area contributed by atoms with Crippen LogP contribution >= 0.6 is 0 Å². The fourth-order valence-corrected chi connectivity index (χ4v) is 3.27. The summed E-state index contributed by atoms with van der Waals surface area (Å²) in [4.78, 5) is 21.4. The van der Waals surface area contributed by atoms with Gasteiger partial charge in [0.25, 0.3) is 5.91 Å². The fraction of sp³-hybridized carbons (Fsp3) is 0.600. The minimum absolute atomic E-state index is 0.137. The first-order chi connectivity index (χ1) is 9.78. The first kappa shape index (κ1) is 13.4. The number of aromatic nitrogens is 1. The number of hydrogen-bond donors (Lipinski definition) is 1. The van der Waals surface area contributed by atoms with E-state index in [-0.39, 0.29) is 5.91 Å². The van der Waals surface area contributed by atoms with Crippen molar-refractivity contribution in [1.29, 1.82) is 0 Å². The lowest BCUT2D eigenvalue weighted by Crippen LogP contribution is -2.39. The monoisotopic (exact) mass is 274 g/mol. The summed E-state index contributed by atoms with van der Waals surface area (Å²) >= 11 is 0. The molecule has 2 fully saturated rings. The van der Waals surface area contributed by atoms with Gasteiger partial charge in [0.2, 0.25) is 0 Å². The lowest BCUT2D eigenvalue weighted by molar-refractivity contribution is 0.0743. The van der Waals surface area contributed by atoms with E-state index >= 15 is 0 Å². The third kappa shape index (κ3) is 2.63. The molecule has 0 aliphatic carbocycles. The molecule has 0 bridgehead atoms. The second kappa shape index (κ2) is 5.79. The Kier molecular flexibility index (Phi) is 3.87. The Hall–Kier alpha value is -1.62. The molecule has 20 heavy (non-hydrogen) atoms. The minimum atomic E-state index is 0.137. The standard InChI is InChI=1S/C15H22N4O/c1-16-14-10-12(5-6-17-14)15(20)19-9-3-8-18-7-2-4-13(18)11-19/h5-6,10,13H,2-4,7-9,11H2,1H3,(H,16,17). The van der Waals surface area contributed by atoms with E-state index in [2.05, 4.69) is 15.2 Å². The quantitative estimate of drug-likeness (QED) is 0.886. The van der Waals surface area contributed by atoms with Gasteiger partial charge in [-0.05, 0) is 37.9 Å². The Labute approximate surface area is 120 Å². The van der Waals surface area contributed by atoms with E-state index in [1.54, 1.807) is 12.3 Å². The summed E-state index contributed by atoms with van der Waals surface area (Å²) in [6.45, 7) is 4.07. The van der Waals surface area contributed by atoms with Crippen LogP contribution in [0.15, 0.2) is 18.3 Å². The Balaban J connectivity index is 1.75. The van der Waals surface area contributed by atoms with Crippen molar-refractivity contribution in [1.82, 2.24) is 14.8 Å². The largest absolute Gasteiger partial charge is 0.373 e. The van der Waals surface area contributed by atoms with Gasteiger partial charge in [-0.25, -0.2) is 4.98 Å². The van der Waals surface area contributed by atoms with Crippen LogP contribution in [0, 0.1) is 0 Å². The summed E-state index contributed by atoms with van der Waals surface area (Å²) in [6.07, 6.45) is 5.26. The third-order valence-corrected chi connectivity index (χ3v) is 4.35. The number of nitrogens with zero attached hydrogens (tertiary/aromatic N) is 3. The van der Waals surface area contributed by atoms with Gasteiger partial charge in [0.1, 0.15) is 5.82 Å². The van der Waals surface area contributed by atoms with Gasteiger partial charge in [0, 0.05) is 44.5 Å². The highest BCUT2D eigenvalue weighted by Crippen LogP contribution is 2.22. The molecule has 1 N–H and O–H groups in total. The van der Waals surface area contributed by atoms with Crippen LogP contribution in [0.25, 0.3) is 0 Å². The lowest BCUT2D eigenvalue weighted by Gasteiger charge is -2.25. The third-order valence-electron chi connectivity index (χ3n) is 4.35. The van der Waals surface area contributed by atoms with E-state index in [0.717, 1.165) is 37.4 Å². The summed E-state index contributed by atoms with van der Waals surface area (Å²) in [5, 5.41) is 2.98. The average Bonchev–Trinajstić information content (AvgIpc) is 2.83. The summed E-state index contributed by atoms with van der Waals surface area (Å²) in [6, 6.07) is 4.20. The molecule has 1 unspecified atom stereocenters. The number of carbonyl (C=O) groups excluding carboxylic acids is 1. The minimum Gasteiger partial charge on any atom is -0.373 e. The maximum absolute atomic E-state index is 12.7. The van der Waals surface area contributed by atoms with E-state index in [4.69, 9.17) is 0 Å². The zero-order chi connectivity index (χ0) is 13.9. The predicted molar refractivity (Wildman–Crippen MR) is 78.9 cm³/mol. The fourth-order valence-electron chi connectivity index (χ4n) is 3.27. The molecule has 5 heteroatoms. The van der Waals surface area contributed by atoms with Gasteiger partial charge < -0.3 is 10.2 Å². The summed E-state index contributed by atoms with van der Waals surface area (Å²) in [7, 11) is 1.82. The second-order valence-electron chi connectivity index (χ2n) is 5.62. The summed E-state index contributed by atoms with van der Waals surface area (Å²) in [5.41, 5.74) is 0.732. The Morgan fingerprint density at radius 3 is 3.05 bits per heavy atom. The Morgan fingerprint density at radius 2 is 2.20 bits per heavy atom. The molecule has 0 aromatic carbocycles. The van der Waals surface area contributed by atoms with Crippen LogP contribution in [0.4, 0.5) is 5.82 Å². The predicted octanol–water partition coefficient (Wildman–Crippen LogP) is 1.43. The molecule has 108 valence electrons. The zero-order valence-electron chi connectivity index (χ0n) is 12.0. The summed E-state index contributed by atoms with van der Waals surface area (Å²) in [5.74, 6) is 0.880. The van der Waals surface area contributed by atoms with Gasteiger partial charge in [-0.15, -0.1) is 0 Å². The van der Waals surface area contributed by atoms with Gasteiger partial charge >= 0.3 is 0 Å². The highest BCUT2D eigenvalue weighted by Gasteiger charge is 2.30. The lowest BCUT2D eigenvalue weighted by atomic mass is 10.2. The number of hydrogen-bond acceptors (Lipinski definition) is 4. The van der Waals surface area contributed by atoms with Crippen molar-refractivity contribution >= 4 is 11.7 Å². The normalized spacial score (nSPS) is 23.2. The van der Waals surface area contributed by atoms with Gasteiger partial charge in [0.05, 0.1) is 0 Å². The first-order valence-electron chi connectivity index (χ1n) is 7.45. The highest BCUT2D eigenvalue weighted by molar-refractivity contribution is 5.94. The topological polar surface area (TPSA) is 48.5 Å². The van der Waals surface area contributed by atoms with Crippen molar-refractivity contribution < 1.29 is 4.79 Å². The molecule has 0 spiro atoms. The first-order valence-corrected chi connectivity index (χ1v) is 7.45. The highest BCUT2D eigenvalue weighted by atomic mass is 16.2. The number of fused-ring (bicyclic) bond motifs is 1. The van der Waals surface area contributed by atoms with E-state index in [1.807, 2.05) is 18.0 Å². The van der Waals surface area contributed by atoms with Crippen LogP contribution in [-0.4, -0.2) is 60.0 Å². The maximum Gasteiger partial charge on any atom is 0.254 e. The number of pyridine rings is 1. The average molecular weight is 274 g/mol. The van der Waals surface area contributed by atoms with Gasteiger partial charge in [-0.2, -0.15) is 0 Å². The van der Waals surface area contributed by atoms with E-state index in [1.165, 1.54) is 19.4 Å². The van der Waals surface area contributed by atoms with Crippen molar-refractivity contribution in [3.8, 4) is 0 Å². The molecule has 0 radical (unpaired) electrons. The van der Waals surface area contributed by atoms with Crippen molar-refractivity contribution in [2.24, 2.45) is 0 Å².